The number of carbonyl (C=O) groups excluding carboxylic acids is 2. The van der Waals surface area contributed by atoms with E-state index in [2.05, 4.69) is 29.6 Å². The van der Waals surface area contributed by atoms with Gasteiger partial charge in [-0.15, -0.1) is 11.8 Å². The van der Waals surface area contributed by atoms with Gasteiger partial charge in [0.05, 0.1) is 0 Å². The van der Waals surface area contributed by atoms with Crippen LogP contribution in [0.3, 0.4) is 0 Å². The molecule has 0 aromatic heterocycles. The molecule has 1 saturated heterocycles. The van der Waals surface area contributed by atoms with E-state index in [9.17, 15) is 19.5 Å². The normalized spacial score (nSPS) is 18.6. The van der Waals surface area contributed by atoms with Crippen LogP contribution in [0.25, 0.3) is 11.1 Å². The second-order valence-electron chi connectivity index (χ2n) is 9.75. The molecule has 2 aromatic rings. The number of hydrogen-bond acceptors (Lipinski definition) is 5. The van der Waals surface area contributed by atoms with E-state index in [1.54, 1.807) is 0 Å². The first-order valence-corrected chi connectivity index (χ1v) is 12.5. The number of alkyl carbamates (subject to hydrolysis) is 1. The van der Waals surface area contributed by atoms with Crippen LogP contribution in [-0.4, -0.2) is 64.7 Å². The molecule has 4 rings (SSSR count). The summed E-state index contributed by atoms with van der Waals surface area (Å²) in [4.78, 5) is 39.1. The van der Waals surface area contributed by atoms with Crippen LogP contribution in [0.15, 0.2) is 48.5 Å². The molecule has 1 aliphatic heterocycles. The van der Waals surface area contributed by atoms with E-state index in [0.29, 0.717) is 12.3 Å². The van der Waals surface area contributed by atoms with Crippen molar-refractivity contribution in [3.05, 3.63) is 59.7 Å². The Labute approximate surface area is 203 Å². The third-order valence-corrected chi connectivity index (χ3v) is 7.54. The third-order valence-electron chi connectivity index (χ3n) is 6.37. The lowest BCUT2D eigenvalue weighted by molar-refractivity contribution is -0.139. The number of carbonyl (C=O) groups is 3. The lowest BCUT2D eigenvalue weighted by Gasteiger charge is -2.37. The predicted octanol–water partition coefficient (Wildman–Crippen LogP) is 3.97. The molecule has 2 aromatic carbocycles. The number of fused-ring (bicyclic) bond motifs is 3. The zero-order valence-corrected chi connectivity index (χ0v) is 20.4. The zero-order valence-electron chi connectivity index (χ0n) is 19.6. The highest BCUT2D eigenvalue weighted by Gasteiger charge is 2.39. The van der Waals surface area contributed by atoms with Crippen LogP contribution < -0.4 is 5.32 Å². The smallest absolute Gasteiger partial charge is 0.407 e. The third kappa shape index (κ3) is 4.92. The van der Waals surface area contributed by atoms with Gasteiger partial charge >= 0.3 is 12.1 Å². The highest BCUT2D eigenvalue weighted by Crippen LogP contribution is 2.44. The predicted molar refractivity (Wildman–Crippen MR) is 132 cm³/mol. The molecule has 2 atom stereocenters. The van der Waals surface area contributed by atoms with Gasteiger partial charge in [-0.1, -0.05) is 69.3 Å². The molecule has 0 bridgehead atoms. The summed E-state index contributed by atoms with van der Waals surface area (Å²) < 4.78 is 5.64. The van der Waals surface area contributed by atoms with Gasteiger partial charge in [0.1, 0.15) is 17.9 Å². The molecule has 0 saturated carbocycles. The van der Waals surface area contributed by atoms with Crippen molar-refractivity contribution in [2.45, 2.75) is 38.0 Å². The largest absolute Gasteiger partial charge is 0.480 e. The highest BCUT2D eigenvalue weighted by atomic mass is 32.2. The number of carboxylic acids is 1. The molecule has 0 spiro atoms. The van der Waals surface area contributed by atoms with E-state index in [0.717, 1.165) is 22.3 Å². The van der Waals surface area contributed by atoms with Gasteiger partial charge in [-0.25, -0.2) is 4.79 Å². The number of nitrogens with zero attached hydrogens (tertiary/aromatic N) is 1. The first-order chi connectivity index (χ1) is 16.2. The number of carboxylic acid groups (broad SMARTS) is 1. The second kappa shape index (κ2) is 9.70. The Morgan fingerprint density at radius 2 is 1.68 bits per heavy atom. The van der Waals surface area contributed by atoms with E-state index in [1.165, 1.54) is 16.7 Å². The van der Waals surface area contributed by atoms with Gasteiger partial charge in [0.2, 0.25) is 5.91 Å². The Kier molecular flexibility index (Phi) is 6.89. The fourth-order valence-electron chi connectivity index (χ4n) is 4.59. The zero-order chi connectivity index (χ0) is 24.5. The number of benzene rings is 2. The Hall–Kier alpha value is -3.00. The van der Waals surface area contributed by atoms with Crippen LogP contribution in [0.2, 0.25) is 0 Å². The van der Waals surface area contributed by atoms with E-state index in [1.807, 2.05) is 45.0 Å². The van der Waals surface area contributed by atoms with E-state index in [4.69, 9.17) is 4.74 Å². The molecule has 1 heterocycles. The van der Waals surface area contributed by atoms with Gasteiger partial charge in [-0.2, -0.15) is 0 Å². The molecule has 7 nitrogen and oxygen atoms in total. The molecule has 8 heteroatoms. The van der Waals surface area contributed by atoms with E-state index < -0.39 is 28.8 Å². The van der Waals surface area contributed by atoms with Gasteiger partial charge in [0.25, 0.3) is 0 Å². The van der Waals surface area contributed by atoms with Crippen molar-refractivity contribution < 1.29 is 24.2 Å². The Morgan fingerprint density at radius 3 is 2.24 bits per heavy atom. The van der Waals surface area contributed by atoms with Crippen molar-refractivity contribution in [1.29, 1.82) is 0 Å². The highest BCUT2D eigenvalue weighted by molar-refractivity contribution is 8.00. The maximum absolute atomic E-state index is 13.3. The van der Waals surface area contributed by atoms with Crippen molar-refractivity contribution in [1.82, 2.24) is 10.2 Å². The lowest BCUT2D eigenvalue weighted by atomic mass is 9.85. The van der Waals surface area contributed by atoms with E-state index >= 15 is 0 Å². The molecule has 2 amide bonds. The summed E-state index contributed by atoms with van der Waals surface area (Å²) >= 11 is 1.33. The molecular formula is C26H30N2O5S. The number of rotatable bonds is 5. The van der Waals surface area contributed by atoms with Crippen molar-refractivity contribution >= 4 is 29.7 Å². The Balaban J connectivity index is 1.44. The monoisotopic (exact) mass is 482 g/mol. The van der Waals surface area contributed by atoms with Gasteiger partial charge in [-0.05, 0) is 27.7 Å². The summed E-state index contributed by atoms with van der Waals surface area (Å²) in [5.74, 6) is -0.742. The van der Waals surface area contributed by atoms with Crippen LogP contribution >= 0.6 is 11.8 Å². The summed E-state index contributed by atoms with van der Waals surface area (Å²) in [6, 6.07) is 15.4. The fourth-order valence-corrected chi connectivity index (χ4v) is 5.63. The Morgan fingerprint density at radius 1 is 1.09 bits per heavy atom. The molecule has 1 unspecified atom stereocenters. The molecule has 1 aliphatic carbocycles. The van der Waals surface area contributed by atoms with Crippen LogP contribution in [0.4, 0.5) is 4.79 Å². The maximum Gasteiger partial charge on any atom is 0.407 e. The minimum Gasteiger partial charge on any atom is -0.480 e. The lowest BCUT2D eigenvalue weighted by Crippen LogP contribution is -2.57. The first kappa shape index (κ1) is 24.1. The number of aliphatic carboxylic acids is 1. The number of amides is 2. The van der Waals surface area contributed by atoms with Gasteiger partial charge < -0.3 is 20.1 Å². The first-order valence-electron chi connectivity index (χ1n) is 11.4. The topological polar surface area (TPSA) is 95.9 Å². The minimum atomic E-state index is -0.931. The molecule has 1 fully saturated rings. The summed E-state index contributed by atoms with van der Waals surface area (Å²) in [5.41, 5.74) is 3.94. The van der Waals surface area contributed by atoms with Crippen molar-refractivity contribution in [3.63, 3.8) is 0 Å². The molecule has 34 heavy (non-hydrogen) atoms. The second-order valence-corrected chi connectivity index (χ2v) is 11.1. The molecule has 2 aliphatic rings. The van der Waals surface area contributed by atoms with Crippen LogP contribution in [-0.2, 0) is 14.3 Å². The van der Waals surface area contributed by atoms with Crippen molar-refractivity contribution in [2.75, 3.05) is 25.4 Å². The van der Waals surface area contributed by atoms with Gasteiger partial charge in [0, 0.05) is 24.8 Å². The minimum absolute atomic E-state index is 0.0719. The standard InChI is InChI=1S/C26H30N2O5S/c1-26(2,3)22(23(29)28-12-13-34-21(14-28)24(30)31)27-25(32)33-15-20-18-10-6-4-8-16(18)17-9-5-7-11-19(17)20/h4-11,20-22H,12-15H2,1-3H3,(H,27,32)(H,30,31)/t21?,22-/m1/s1. The number of ether oxygens (including phenoxy) is 1. The summed E-state index contributed by atoms with van der Waals surface area (Å²) in [7, 11) is 0. The molecule has 2 N–H and O–H groups in total. The number of hydrogen-bond donors (Lipinski definition) is 2. The summed E-state index contributed by atoms with van der Waals surface area (Å²) in [6.45, 7) is 6.34. The average Bonchev–Trinajstić information content (AvgIpc) is 3.14. The van der Waals surface area contributed by atoms with Crippen LogP contribution in [0.1, 0.15) is 37.8 Å². The average molecular weight is 483 g/mol. The van der Waals surface area contributed by atoms with Crippen molar-refractivity contribution in [2.24, 2.45) is 5.41 Å². The summed E-state index contributed by atoms with van der Waals surface area (Å²) in [5, 5.41) is 11.5. The maximum atomic E-state index is 13.3. The molecular weight excluding hydrogens is 452 g/mol. The SMILES string of the molecule is CC(C)(C)[C@H](NC(=O)OCC1c2ccccc2-c2ccccc21)C(=O)N1CCSC(C(=O)O)C1. The van der Waals surface area contributed by atoms with Gasteiger partial charge in [-0.3, -0.25) is 9.59 Å². The summed E-state index contributed by atoms with van der Waals surface area (Å²) in [6.07, 6.45) is -0.656. The molecule has 180 valence electrons. The van der Waals surface area contributed by atoms with Crippen molar-refractivity contribution in [3.8, 4) is 11.1 Å². The number of nitrogens with one attached hydrogen (secondary N) is 1. The van der Waals surface area contributed by atoms with Crippen LogP contribution in [0.5, 0.6) is 0 Å². The van der Waals surface area contributed by atoms with E-state index in [-0.39, 0.29) is 25.0 Å². The van der Waals surface area contributed by atoms with Crippen LogP contribution in [0, 0.1) is 5.41 Å². The Bertz CT molecular complexity index is 1050. The molecule has 0 radical (unpaired) electrons. The fraction of sp³-hybridized carbons (Fsp3) is 0.423. The number of thioether (sulfide) groups is 1. The van der Waals surface area contributed by atoms with Gasteiger partial charge in [0.15, 0.2) is 0 Å². The quantitative estimate of drug-likeness (QED) is 0.670.